The smallest absolute Gasteiger partial charge is 0.0823 e. The second-order valence-electron chi connectivity index (χ2n) is 1.86. The van der Waals surface area contributed by atoms with Crippen LogP contribution in [0.5, 0.6) is 0 Å². The molecule has 0 fully saturated rings. The van der Waals surface area contributed by atoms with Gasteiger partial charge < -0.3 is 0 Å². The summed E-state index contributed by atoms with van der Waals surface area (Å²) in [7, 11) is -23.3. The Kier molecular flexibility index (Phi) is 1.49. The molecule has 0 saturated heterocycles. The van der Waals surface area contributed by atoms with Gasteiger partial charge >= 0.3 is 21.0 Å². The van der Waals surface area contributed by atoms with Crippen LogP contribution in [-0.4, -0.2) is 0 Å². The van der Waals surface area contributed by atoms with E-state index < -0.39 is 21.0 Å². The first-order chi connectivity index (χ1) is 4.66. The van der Waals surface area contributed by atoms with Crippen molar-refractivity contribution in [1.82, 2.24) is 0 Å². The molecule has 0 heterocycles. The van der Waals surface area contributed by atoms with E-state index in [9.17, 15) is 38.9 Å². The highest BCUT2D eigenvalue weighted by Crippen LogP contribution is 3.13. The first-order valence-corrected chi connectivity index (χ1v) is 5.63. The average molecular weight is 270 g/mol. The lowest BCUT2D eigenvalue weighted by Gasteiger charge is -2.49. The molecule has 13 heavy (non-hydrogen) atoms. The summed E-state index contributed by atoms with van der Waals surface area (Å²) in [6.45, 7) is 0. The zero-order valence-corrected chi connectivity index (χ0v) is 6.64. The van der Waals surface area contributed by atoms with Gasteiger partial charge in [-0.05, 0) is 0 Å². The fourth-order valence-corrected chi connectivity index (χ4v) is 2.19. The SMILES string of the molecule is FS(F)(F)(F)(F)OS(F)(F)(F)(F)F. The molecule has 0 saturated carbocycles. The van der Waals surface area contributed by atoms with Gasteiger partial charge in [0.1, 0.15) is 0 Å². The van der Waals surface area contributed by atoms with Crippen LogP contribution in [0.15, 0.2) is 0 Å². The number of rotatable bonds is 2. The van der Waals surface area contributed by atoms with E-state index in [0.29, 0.717) is 0 Å². The van der Waals surface area contributed by atoms with Gasteiger partial charge in [-0.2, -0.15) is 0 Å². The van der Waals surface area contributed by atoms with E-state index in [1.165, 1.54) is 0 Å². The van der Waals surface area contributed by atoms with Crippen LogP contribution in [0, 0.1) is 0 Å². The predicted octanol–water partition coefficient (Wildman–Crippen LogP) is 5.43. The molecule has 0 aliphatic rings. The molecule has 0 unspecified atom stereocenters. The third-order valence-corrected chi connectivity index (χ3v) is 2.31. The summed E-state index contributed by atoms with van der Waals surface area (Å²) in [5.74, 6) is 0. The summed E-state index contributed by atoms with van der Waals surface area (Å²) in [4.78, 5) is 0. The predicted molar refractivity (Wildman–Crippen MR) is 27.3 cm³/mol. The Bertz CT molecular complexity index is 200. The molecule has 0 aliphatic carbocycles. The Balaban J connectivity index is 5.36. The Morgan fingerprint density at radius 2 is 0.615 bits per heavy atom. The summed E-state index contributed by atoms with van der Waals surface area (Å²) in [6, 6.07) is 0. The molecule has 0 aromatic heterocycles. The van der Waals surface area contributed by atoms with Crippen LogP contribution in [-0.2, 0) is 3.63 Å². The van der Waals surface area contributed by atoms with Gasteiger partial charge in [0.15, 0.2) is 0 Å². The van der Waals surface area contributed by atoms with Gasteiger partial charge in [-0.1, -0.05) is 42.5 Å². The Morgan fingerprint density at radius 3 is 0.615 bits per heavy atom. The quantitative estimate of drug-likeness (QED) is 0.608. The lowest BCUT2D eigenvalue weighted by atomic mass is 15.9. The van der Waals surface area contributed by atoms with Gasteiger partial charge in [0.2, 0.25) is 0 Å². The molecule has 0 bridgehead atoms. The van der Waals surface area contributed by atoms with Crippen molar-refractivity contribution in [2.75, 3.05) is 0 Å². The van der Waals surface area contributed by atoms with Crippen LogP contribution >= 0.6 is 21.0 Å². The van der Waals surface area contributed by atoms with Crippen molar-refractivity contribution in [1.29, 1.82) is 0 Å². The highest BCUT2D eigenvalue weighted by molar-refractivity contribution is 8.54. The van der Waals surface area contributed by atoms with Crippen molar-refractivity contribution in [2.45, 2.75) is 0 Å². The molecule has 0 spiro atoms. The standard InChI is InChI=1S/F10OS2/c1-12(2,3,4,5)11-13(6,7,8,9)10. The summed E-state index contributed by atoms with van der Waals surface area (Å²) >= 11 is 0. The van der Waals surface area contributed by atoms with Crippen molar-refractivity contribution >= 4 is 21.0 Å². The highest BCUT2D eigenvalue weighted by Gasteiger charge is 2.83. The summed E-state index contributed by atoms with van der Waals surface area (Å²) < 4.78 is 108. The third-order valence-electron chi connectivity index (χ3n) is 0.257. The van der Waals surface area contributed by atoms with Crippen LogP contribution in [0.3, 0.4) is 0 Å². The van der Waals surface area contributed by atoms with Crippen LogP contribution in [0.25, 0.3) is 0 Å². The van der Waals surface area contributed by atoms with Gasteiger partial charge in [-0.3, -0.25) is 0 Å². The van der Waals surface area contributed by atoms with Crippen molar-refractivity contribution in [2.24, 2.45) is 0 Å². The fraction of sp³-hybridized carbons (Fsp3) is 0. The monoisotopic (exact) mass is 270 g/mol. The number of hydrogen-bond donors (Lipinski definition) is 0. The van der Waals surface area contributed by atoms with Crippen molar-refractivity contribution < 1.29 is 42.5 Å². The minimum absolute atomic E-state index is 0.0556. The average Bonchev–Trinajstić information content (AvgIpc) is 0.949. The molecule has 0 amide bonds. The Labute approximate surface area is 64.5 Å². The van der Waals surface area contributed by atoms with E-state index in [0.717, 1.165) is 0 Å². The number of hydrogen-bond acceptors (Lipinski definition) is 1. The molecule has 13 heteroatoms. The van der Waals surface area contributed by atoms with E-state index in [1.54, 1.807) is 0 Å². The van der Waals surface area contributed by atoms with E-state index in [2.05, 4.69) is 0 Å². The van der Waals surface area contributed by atoms with Crippen LogP contribution in [0.1, 0.15) is 0 Å². The topological polar surface area (TPSA) is 9.23 Å². The van der Waals surface area contributed by atoms with E-state index in [1.807, 2.05) is 0 Å². The second kappa shape index (κ2) is 1.50. The Morgan fingerprint density at radius 1 is 0.462 bits per heavy atom. The summed E-state index contributed by atoms with van der Waals surface area (Å²) in [6.07, 6.45) is 0. The number of halogens is 10. The first-order valence-electron chi connectivity index (χ1n) is 1.88. The van der Waals surface area contributed by atoms with Gasteiger partial charge in [-0.25, -0.2) is 0 Å². The summed E-state index contributed by atoms with van der Waals surface area (Å²) in [5, 5.41) is 0. The highest BCUT2D eigenvalue weighted by atomic mass is 32.6. The molecule has 0 aromatic rings. The van der Waals surface area contributed by atoms with Crippen molar-refractivity contribution in [3.8, 4) is 0 Å². The molecule has 88 valence electrons. The minimum atomic E-state index is -11.7. The molecule has 0 atom stereocenters. The van der Waals surface area contributed by atoms with Crippen molar-refractivity contribution in [3.05, 3.63) is 0 Å². The molecule has 1 nitrogen and oxygen atoms in total. The van der Waals surface area contributed by atoms with Gasteiger partial charge in [0.05, 0.1) is 0 Å². The van der Waals surface area contributed by atoms with E-state index >= 15 is 0 Å². The summed E-state index contributed by atoms with van der Waals surface area (Å²) in [5.41, 5.74) is 0. The maximum atomic E-state index is 10.8. The lowest BCUT2D eigenvalue weighted by Crippen LogP contribution is -2.20. The van der Waals surface area contributed by atoms with E-state index in [4.69, 9.17) is 0 Å². The molecular formula is F10OS2. The minimum Gasteiger partial charge on any atom is -0.0823 e. The second-order valence-corrected chi connectivity index (χ2v) is 6.00. The maximum absolute atomic E-state index is 11.7. The molecule has 0 aromatic carbocycles. The Hall–Kier alpha value is -0.0400. The van der Waals surface area contributed by atoms with Gasteiger partial charge in [-0.15, -0.1) is 0 Å². The first kappa shape index (κ1) is 13.0. The zero-order chi connectivity index (χ0) is 11.5. The van der Waals surface area contributed by atoms with E-state index in [-0.39, 0.29) is 3.63 Å². The maximum Gasteiger partial charge on any atom is 0.413 e. The molecule has 0 radical (unpaired) electrons. The third kappa shape index (κ3) is 12.0. The molecular weight excluding hydrogens is 270 g/mol. The van der Waals surface area contributed by atoms with Crippen LogP contribution in [0.4, 0.5) is 38.9 Å². The normalized spacial score (nSPS) is 25.4. The van der Waals surface area contributed by atoms with Crippen LogP contribution < -0.4 is 0 Å². The van der Waals surface area contributed by atoms with Crippen molar-refractivity contribution in [3.63, 3.8) is 0 Å². The molecule has 0 N–H and O–H groups in total. The largest absolute Gasteiger partial charge is 0.413 e. The fourth-order valence-electron chi connectivity index (χ4n) is 0.243. The molecule has 0 aliphatic heterocycles. The van der Waals surface area contributed by atoms with Gasteiger partial charge in [0.25, 0.3) is 0 Å². The van der Waals surface area contributed by atoms with Gasteiger partial charge in [0, 0.05) is 0 Å². The lowest BCUT2D eigenvalue weighted by molar-refractivity contribution is 0.166. The molecule has 0 rings (SSSR count). The van der Waals surface area contributed by atoms with Crippen LogP contribution in [0.2, 0.25) is 0 Å². The zero-order valence-electron chi connectivity index (χ0n) is 5.00.